The van der Waals surface area contributed by atoms with E-state index in [-0.39, 0.29) is 28.9 Å². The van der Waals surface area contributed by atoms with Gasteiger partial charge >= 0.3 is 0 Å². The zero-order chi connectivity index (χ0) is 20.6. The number of hydrogen-bond donors (Lipinski definition) is 0. The Bertz CT molecular complexity index is 737. The molecule has 0 atom stereocenters. The SMILES string of the molecule is CCC.Cl.[Ni].c1ccc(Pc2ccccc2)cc1.c1ccc(Pc2ccccc2)cc1. The quantitative estimate of drug-likeness (QED) is 0.218. The first-order valence-electron chi connectivity index (χ1n) is 10.1. The van der Waals surface area contributed by atoms with Crippen molar-refractivity contribution in [2.75, 3.05) is 0 Å². The predicted octanol–water partition coefficient (Wildman–Crippen LogP) is 6.47. The summed E-state index contributed by atoms with van der Waals surface area (Å²) in [6.07, 6.45) is 1.25. The summed E-state index contributed by atoms with van der Waals surface area (Å²) in [6.45, 7) is 4.25. The standard InChI is InChI=1S/2C12H11P.C3H8.ClH.Ni/c2*1-3-7-11(8-4-1)13-12-9-5-2-6-10-12;1-3-2;;/h2*1-10,13H;3H2,1-2H3;1H;. The van der Waals surface area contributed by atoms with E-state index >= 15 is 0 Å². The van der Waals surface area contributed by atoms with Crippen LogP contribution in [0.3, 0.4) is 0 Å². The van der Waals surface area contributed by atoms with Crippen LogP contribution in [0.15, 0.2) is 121 Å². The molecule has 0 unspecified atom stereocenters. The molecule has 166 valence electrons. The van der Waals surface area contributed by atoms with Crippen molar-refractivity contribution in [3.05, 3.63) is 121 Å². The van der Waals surface area contributed by atoms with Crippen LogP contribution in [0.1, 0.15) is 20.3 Å². The summed E-state index contributed by atoms with van der Waals surface area (Å²) in [5.41, 5.74) is 0. The van der Waals surface area contributed by atoms with E-state index in [0.717, 1.165) is 17.2 Å². The van der Waals surface area contributed by atoms with E-state index in [1.54, 1.807) is 0 Å². The molecule has 4 rings (SSSR count). The maximum Gasteiger partial charge on any atom is 0 e. The van der Waals surface area contributed by atoms with Crippen LogP contribution >= 0.6 is 29.6 Å². The van der Waals surface area contributed by atoms with Gasteiger partial charge in [0.05, 0.1) is 0 Å². The molecule has 31 heavy (non-hydrogen) atoms. The van der Waals surface area contributed by atoms with Gasteiger partial charge < -0.3 is 0 Å². The Morgan fingerprint density at radius 3 is 0.742 bits per heavy atom. The normalized spacial score (nSPS) is 8.84. The maximum atomic E-state index is 2.17. The van der Waals surface area contributed by atoms with Crippen molar-refractivity contribution in [2.45, 2.75) is 20.3 Å². The summed E-state index contributed by atoms with van der Waals surface area (Å²) in [5.74, 6) is 0. The van der Waals surface area contributed by atoms with Crippen molar-refractivity contribution >= 4 is 50.8 Å². The fourth-order valence-electron chi connectivity index (χ4n) is 2.42. The minimum atomic E-state index is 0. The Kier molecular flexibility index (Phi) is 18.3. The van der Waals surface area contributed by atoms with Gasteiger partial charge in [-0.1, -0.05) is 159 Å². The average Bonchev–Trinajstić information content (AvgIpc) is 2.78. The minimum Gasteiger partial charge on any atom is -0.147 e. The topological polar surface area (TPSA) is 0 Å². The molecule has 0 fully saturated rings. The van der Waals surface area contributed by atoms with Crippen molar-refractivity contribution < 1.29 is 16.5 Å². The molecule has 0 aliphatic heterocycles. The minimum absolute atomic E-state index is 0. The second kappa shape index (κ2) is 19.2. The molecule has 0 aliphatic carbocycles. The van der Waals surface area contributed by atoms with Crippen LogP contribution in [0, 0.1) is 0 Å². The Morgan fingerprint density at radius 2 is 0.581 bits per heavy atom. The molecule has 0 radical (unpaired) electrons. The Labute approximate surface area is 208 Å². The van der Waals surface area contributed by atoms with Gasteiger partial charge in [0.25, 0.3) is 0 Å². The second-order valence-electron chi connectivity index (χ2n) is 6.42. The van der Waals surface area contributed by atoms with E-state index in [0.29, 0.717) is 0 Å². The molecular formula is C27H31ClNiP2. The first-order chi connectivity index (χ1) is 14.3. The van der Waals surface area contributed by atoms with Crippen LogP contribution in [0.5, 0.6) is 0 Å². The van der Waals surface area contributed by atoms with Gasteiger partial charge in [-0.05, 0) is 21.2 Å². The monoisotopic (exact) mass is 510 g/mol. The molecular weight excluding hydrogens is 480 g/mol. The van der Waals surface area contributed by atoms with Gasteiger partial charge in [0, 0.05) is 16.5 Å². The van der Waals surface area contributed by atoms with E-state index in [1.807, 2.05) is 0 Å². The average molecular weight is 512 g/mol. The van der Waals surface area contributed by atoms with Crippen molar-refractivity contribution in [1.82, 2.24) is 0 Å². The third kappa shape index (κ3) is 13.5. The smallest absolute Gasteiger partial charge is 0 e. The fourth-order valence-corrected chi connectivity index (χ4v) is 4.52. The largest absolute Gasteiger partial charge is 0.147 e. The molecule has 0 bridgehead atoms. The van der Waals surface area contributed by atoms with E-state index in [4.69, 9.17) is 0 Å². The Balaban J connectivity index is 0.000000488. The van der Waals surface area contributed by atoms with E-state index in [1.165, 1.54) is 27.6 Å². The molecule has 0 aliphatic rings. The van der Waals surface area contributed by atoms with E-state index in [2.05, 4.69) is 135 Å². The number of hydrogen-bond acceptors (Lipinski definition) is 0. The Morgan fingerprint density at radius 1 is 0.419 bits per heavy atom. The molecule has 0 aromatic heterocycles. The van der Waals surface area contributed by atoms with Gasteiger partial charge in [0.15, 0.2) is 0 Å². The third-order valence-corrected chi connectivity index (χ3v) is 6.16. The first-order valence-corrected chi connectivity index (χ1v) is 12.1. The van der Waals surface area contributed by atoms with Crippen LogP contribution in [-0.4, -0.2) is 0 Å². The first kappa shape index (κ1) is 29.5. The zero-order valence-corrected chi connectivity index (χ0v) is 21.8. The maximum absolute atomic E-state index is 2.17. The number of rotatable bonds is 4. The Hall–Kier alpha value is -1.48. The molecule has 0 N–H and O–H groups in total. The van der Waals surface area contributed by atoms with Gasteiger partial charge in [-0.25, -0.2) is 0 Å². The molecule has 0 saturated heterocycles. The molecule has 0 nitrogen and oxygen atoms in total. The summed E-state index contributed by atoms with van der Waals surface area (Å²) in [4.78, 5) is 0. The van der Waals surface area contributed by atoms with E-state index in [9.17, 15) is 0 Å². The predicted molar refractivity (Wildman–Crippen MR) is 144 cm³/mol. The van der Waals surface area contributed by atoms with Gasteiger partial charge in [-0.15, -0.1) is 12.4 Å². The van der Waals surface area contributed by atoms with Crippen LogP contribution in [0.25, 0.3) is 0 Å². The van der Waals surface area contributed by atoms with Crippen LogP contribution < -0.4 is 21.2 Å². The molecule has 0 amide bonds. The van der Waals surface area contributed by atoms with Crippen molar-refractivity contribution in [2.24, 2.45) is 0 Å². The van der Waals surface area contributed by atoms with Crippen molar-refractivity contribution in [3.8, 4) is 0 Å². The van der Waals surface area contributed by atoms with Crippen molar-refractivity contribution in [1.29, 1.82) is 0 Å². The summed E-state index contributed by atoms with van der Waals surface area (Å²) in [6, 6.07) is 42.3. The van der Waals surface area contributed by atoms with Crippen LogP contribution in [0.2, 0.25) is 0 Å². The molecule has 0 spiro atoms. The molecule has 0 saturated carbocycles. The summed E-state index contributed by atoms with van der Waals surface area (Å²) in [5, 5.41) is 5.59. The molecule has 0 heterocycles. The number of halogens is 1. The summed E-state index contributed by atoms with van der Waals surface area (Å²) < 4.78 is 0. The summed E-state index contributed by atoms with van der Waals surface area (Å²) >= 11 is 0. The molecule has 4 aromatic carbocycles. The number of benzene rings is 4. The zero-order valence-electron chi connectivity index (χ0n) is 18.0. The van der Waals surface area contributed by atoms with Gasteiger partial charge in [-0.2, -0.15) is 0 Å². The third-order valence-electron chi connectivity index (χ3n) is 3.67. The fraction of sp³-hybridized carbons (Fsp3) is 0.111. The van der Waals surface area contributed by atoms with Gasteiger partial charge in [0.1, 0.15) is 0 Å². The van der Waals surface area contributed by atoms with Crippen LogP contribution in [0.4, 0.5) is 0 Å². The van der Waals surface area contributed by atoms with Crippen molar-refractivity contribution in [3.63, 3.8) is 0 Å². The van der Waals surface area contributed by atoms with Gasteiger partial charge in [-0.3, -0.25) is 0 Å². The molecule has 4 heteroatoms. The van der Waals surface area contributed by atoms with E-state index < -0.39 is 0 Å². The molecule has 4 aromatic rings. The van der Waals surface area contributed by atoms with Gasteiger partial charge in [0.2, 0.25) is 0 Å². The summed E-state index contributed by atoms with van der Waals surface area (Å²) in [7, 11) is 1.55. The second-order valence-corrected chi connectivity index (χ2v) is 9.23. The van der Waals surface area contributed by atoms with Crippen LogP contribution in [-0.2, 0) is 16.5 Å².